The minimum Gasteiger partial charge on any atom is -0.495 e. The monoisotopic (exact) mass is 282 g/mol. The Morgan fingerprint density at radius 2 is 2.11 bits per heavy atom. The lowest BCUT2D eigenvalue weighted by molar-refractivity contribution is 0.403. The first kappa shape index (κ1) is 13.2. The van der Waals surface area contributed by atoms with Crippen molar-refractivity contribution in [2.75, 3.05) is 17.6 Å². The summed E-state index contributed by atoms with van der Waals surface area (Å²) in [6.07, 6.45) is 1.49. The molecule has 2 rings (SSSR count). The zero-order chi connectivity index (χ0) is 14.0. The average Bonchev–Trinajstić information content (AvgIpc) is 2.74. The van der Waals surface area contributed by atoms with Crippen molar-refractivity contribution in [3.05, 3.63) is 30.5 Å². The SMILES string of the molecule is COc1ccc(N)cc1S(=O)(=O)Nc1ccnn1C. The van der Waals surface area contributed by atoms with Gasteiger partial charge in [-0.15, -0.1) is 0 Å². The molecule has 0 saturated carbocycles. The van der Waals surface area contributed by atoms with E-state index in [9.17, 15) is 8.42 Å². The van der Waals surface area contributed by atoms with Crippen LogP contribution in [-0.4, -0.2) is 25.3 Å². The molecule has 1 heterocycles. The Labute approximate surface area is 111 Å². The van der Waals surface area contributed by atoms with Crippen LogP contribution >= 0.6 is 0 Å². The molecule has 0 aliphatic heterocycles. The third kappa shape index (κ3) is 2.63. The van der Waals surface area contributed by atoms with Gasteiger partial charge in [0, 0.05) is 18.8 Å². The number of sulfonamides is 1. The van der Waals surface area contributed by atoms with Gasteiger partial charge < -0.3 is 10.5 Å². The number of ether oxygens (including phenoxy) is 1. The van der Waals surface area contributed by atoms with E-state index in [-0.39, 0.29) is 10.6 Å². The first-order chi connectivity index (χ1) is 8.94. The van der Waals surface area contributed by atoms with Crippen LogP contribution in [0.1, 0.15) is 0 Å². The molecule has 0 amide bonds. The molecule has 0 bridgehead atoms. The molecule has 2 aromatic rings. The number of methoxy groups -OCH3 is 1. The number of anilines is 2. The number of hydrogen-bond donors (Lipinski definition) is 2. The molecule has 1 aromatic carbocycles. The number of benzene rings is 1. The van der Waals surface area contributed by atoms with Gasteiger partial charge in [0.15, 0.2) is 0 Å². The molecule has 8 heteroatoms. The first-order valence-electron chi connectivity index (χ1n) is 5.38. The van der Waals surface area contributed by atoms with Gasteiger partial charge in [0.2, 0.25) is 0 Å². The highest BCUT2D eigenvalue weighted by molar-refractivity contribution is 7.92. The first-order valence-corrected chi connectivity index (χ1v) is 6.86. The molecule has 0 aliphatic rings. The summed E-state index contributed by atoms with van der Waals surface area (Å²) in [5.74, 6) is 0.577. The van der Waals surface area contributed by atoms with Crippen LogP contribution in [0.25, 0.3) is 0 Å². The van der Waals surface area contributed by atoms with E-state index in [1.807, 2.05) is 0 Å². The largest absolute Gasteiger partial charge is 0.495 e. The average molecular weight is 282 g/mol. The van der Waals surface area contributed by atoms with E-state index in [1.54, 1.807) is 19.2 Å². The molecule has 0 radical (unpaired) electrons. The van der Waals surface area contributed by atoms with E-state index in [0.717, 1.165) is 0 Å². The summed E-state index contributed by atoms with van der Waals surface area (Å²) >= 11 is 0. The maximum absolute atomic E-state index is 12.3. The molecule has 7 nitrogen and oxygen atoms in total. The zero-order valence-electron chi connectivity index (χ0n) is 10.5. The number of rotatable bonds is 4. The number of nitrogens with two attached hydrogens (primary N) is 1. The second kappa shape index (κ2) is 4.81. The highest BCUT2D eigenvalue weighted by atomic mass is 32.2. The Morgan fingerprint density at radius 3 is 2.68 bits per heavy atom. The molecule has 19 heavy (non-hydrogen) atoms. The third-order valence-corrected chi connectivity index (χ3v) is 3.91. The molecule has 1 aromatic heterocycles. The highest BCUT2D eigenvalue weighted by Gasteiger charge is 2.21. The van der Waals surface area contributed by atoms with Gasteiger partial charge in [-0.2, -0.15) is 5.10 Å². The molecule has 0 aliphatic carbocycles. The van der Waals surface area contributed by atoms with E-state index in [0.29, 0.717) is 11.5 Å². The van der Waals surface area contributed by atoms with Crippen LogP contribution in [0.15, 0.2) is 35.4 Å². The van der Waals surface area contributed by atoms with Crippen molar-refractivity contribution in [1.29, 1.82) is 0 Å². The lowest BCUT2D eigenvalue weighted by Gasteiger charge is -2.12. The smallest absolute Gasteiger partial charge is 0.266 e. The highest BCUT2D eigenvalue weighted by Crippen LogP contribution is 2.27. The van der Waals surface area contributed by atoms with E-state index in [4.69, 9.17) is 10.5 Å². The van der Waals surface area contributed by atoms with Crippen LogP contribution in [0.3, 0.4) is 0 Å². The molecular weight excluding hydrogens is 268 g/mol. The Kier molecular flexibility index (Phi) is 3.34. The predicted octanol–water partition coefficient (Wildman–Crippen LogP) is 0.812. The van der Waals surface area contributed by atoms with Crippen molar-refractivity contribution < 1.29 is 13.2 Å². The van der Waals surface area contributed by atoms with Gasteiger partial charge in [-0.25, -0.2) is 8.42 Å². The number of nitrogen functional groups attached to an aromatic ring is 1. The van der Waals surface area contributed by atoms with Gasteiger partial charge in [-0.05, 0) is 18.2 Å². The Balaban J connectivity index is 2.45. The van der Waals surface area contributed by atoms with Crippen LogP contribution in [0.2, 0.25) is 0 Å². The van der Waals surface area contributed by atoms with Gasteiger partial charge in [0.25, 0.3) is 10.0 Å². The van der Waals surface area contributed by atoms with Crippen LogP contribution in [0.4, 0.5) is 11.5 Å². The minimum atomic E-state index is -3.79. The standard InChI is InChI=1S/C11H14N4O3S/c1-15-11(5-6-13-15)14-19(16,17)10-7-8(12)3-4-9(10)18-2/h3-7,14H,12H2,1-2H3. The van der Waals surface area contributed by atoms with E-state index in [2.05, 4.69) is 9.82 Å². The summed E-state index contributed by atoms with van der Waals surface area (Å²) in [4.78, 5) is -0.0174. The molecule has 0 atom stereocenters. The van der Waals surface area contributed by atoms with E-state index in [1.165, 1.54) is 30.1 Å². The van der Waals surface area contributed by atoms with Crippen LogP contribution in [0.5, 0.6) is 5.75 Å². The molecule has 102 valence electrons. The Bertz CT molecular complexity index is 694. The second-order valence-electron chi connectivity index (χ2n) is 3.86. The van der Waals surface area contributed by atoms with Crippen LogP contribution in [0, 0.1) is 0 Å². The number of nitrogens with zero attached hydrogens (tertiary/aromatic N) is 2. The number of nitrogens with one attached hydrogen (secondary N) is 1. The summed E-state index contributed by atoms with van der Waals surface area (Å²) in [5, 5.41) is 3.89. The zero-order valence-corrected chi connectivity index (χ0v) is 11.3. The predicted molar refractivity (Wildman–Crippen MR) is 71.4 cm³/mol. The van der Waals surface area contributed by atoms with E-state index >= 15 is 0 Å². The van der Waals surface area contributed by atoms with Crippen molar-refractivity contribution in [3.8, 4) is 5.75 Å². The summed E-state index contributed by atoms with van der Waals surface area (Å²) in [6, 6.07) is 5.98. The second-order valence-corrected chi connectivity index (χ2v) is 5.51. The summed E-state index contributed by atoms with van der Waals surface area (Å²) in [6.45, 7) is 0. The van der Waals surface area contributed by atoms with Crippen LogP contribution < -0.4 is 15.2 Å². The quantitative estimate of drug-likeness (QED) is 0.808. The van der Waals surface area contributed by atoms with Gasteiger partial charge in [-0.3, -0.25) is 9.40 Å². The Morgan fingerprint density at radius 1 is 1.37 bits per heavy atom. The van der Waals surface area contributed by atoms with Crippen molar-refractivity contribution in [1.82, 2.24) is 9.78 Å². The molecule has 3 N–H and O–H groups in total. The fourth-order valence-electron chi connectivity index (χ4n) is 1.57. The number of aryl methyl sites for hydroxylation is 1. The normalized spacial score (nSPS) is 11.3. The molecule has 0 fully saturated rings. The summed E-state index contributed by atoms with van der Waals surface area (Å²) < 4.78 is 33.5. The Hall–Kier alpha value is -2.22. The maximum Gasteiger partial charge on any atom is 0.266 e. The van der Waals surface area contributed by atoms with Gasteiger partial charge in [0.1, 0.15) is 16.5 Å². The van der Waals surface area contributed by atoms with Crippen molar-refractivity contribution in [2.45, 2.75) is 4.90 Å². The van der Waals surface area contributed by atoms with Crippen molar-refractivity contribution in [2.24, 2.45) is 7.05 Å². The van der Waals surface area contributed by atoms with Gasteiger partial charge in [-0.1, -0.05) is 0 Å². The molecule has 0 unspecified atom stereocenters. The lowest BCUT2D eigenvalue weighted by atomic mass is 10.3. The van der Waals surface area contributed by atoms with Gasteiger partial charge in [0.05, 0.1) is 13.3 Å². The molecular formula is C11H14N4O3S. The fraction of sp³-hybridized carbons (Fsp3) is 0.182. The summed E-state index contributed by atoms with van der Waals surface area (Å²) in [5.41, 5.74) is 5.96. The maximum atomic E-state index is 12.3. The topological polar surface area (TPSA) is 99.2 Å². The van der Waals surface area contributed by atoms with Crippen molar-refractivity contribution >= 4 is 21.5 Å². The molecule has 0 saturated heterocycles. The van der Waals surface area contributed by atoms with Crippen LogP contribution in [-0.2, 0) is 17.1 Å². The van der Waals surface area contributed by atoms with Crippen molar-refractivity contribution in [3.63, 3.8) is 0 Å². The lowest BCUT2D eigenvalue weighted by Crippen LogP contribution is -2.16. The summed E-state index contributed by atoms with van der Waals surface area (Å²) in [7, 11) is -0.756. The molecule has 0 spiro atoms. The van der Waals surface area contributed by atoms with Gasteiger partial charge >= 0.3 is 0 Å². The number of hydrogen-bond acceptors (Lipinski definition) is 5. The minimum absolute atomic E-state index is 0.0174. The number of aromatic nitrogens is 2. The third-order valence-electron chi connectivity index (χ3n) is 2.54. The fourth-order valence-corrected chi connectivity index (χ4v) is 2.86. The van der Waals surface area contributed by atoms with E-state index < -0.39 is 10.0 Å².